The second-order valence-electron chi connectivity index (χ2n) is 2.91. The van der Waals surface area contributed by atoms with Crippen molar-refractivity contribution in [2.45, 2.75) is 6.04 Å². The second kappa shape index (κ2) is 3.66. The highest BCUT2D eigenvalue weighted by Gasteiger charge is 2.23. The van der Waals surface area contributed by atoms with Gasteiger partial charge in [-0.25, -0.2) is 5.84 Å². The SMILES string of the molecule is NNC(=O)[C@H]1N=c2ccccc2=C1I. The Labute approximate surface area is 94.0 Å². The lowest BCUT2D eigenvalue weighted by Crippen LogP contribution is -2.37. The van der Waals surface area contributed by atoms with Crippen LogP contribution in [0.2, 0.25) is 0 Å². The number of fused-ring (bicyclic) bond motifs is 1. The van der Waals surface area contributed by atoms with Gasteiger partial charge in [-0.15, -0.1) is 0 Å². The van der Waals surface area contributed by atoms with Crippen molar-refractivity contribution in [3.8, 4) is 0 Å². The fourth-order valence-electron chi connectivity index (χ4n) is 1.38. The lowest BCUT2D eigenvalue weighted by Gasteiger charge is -2.04. The maximum atomic E-state index is 11.3. The molecule has 0 unspecified atom stereocenters. The van der Waals surface area contributed by atoms with Crippen LogP contribution in [0.3, 0.4) is 0 Å². The van der Waals surface area contributed by atoms with Crippen LogP contribution in [0.15, 0.2) is 29.3 Å². The first-order chi connectivity index (χ1) is 6.74. The number of hydrogen-bond donors (Lipinski definition) is 2. The summed E-state index contributed by atoms with van der Waals surface area (Å²) < 4.78 is 0.918. The first-order valence-corrected chi connectivity index (χ1v) is 5.15. The van der Waals surface area contributed by atoms with Gasteiger partial charge in [-0.05, 0) is 28.7 Å². The smallest absolute Gasteiger partial charge is 0.263 e. The molecule has 0 saturated heterocycles. The molecule has 4 nitrogen and oxygen atoms in total. The molecule has 0 bridgehead atoms. The average molecular weight is 301 g/mol. The Hall–Kier alpha value is -0.950. The number of para-hydroxylation sites is 1. The number of benzene rings is 1. The van der Waals surface area contributed by atoms with Crippen molar-refractivity contribution in [2.75, 3.05) is 0 Å². The van der Waals surface area contributed by atoms with E-state index in [9.17, 15) is 4.79 Å². The third-order valence-corrected chi connectivity index (χ3v) is 3.23. The highest BCUT2D eigenvalue weighted by atomic mass is 127. The molecule has 1 heterocycles. The molecule has 1 aliphatic heterocycles. The topological polar surface area (TPSA) is 67.5 Å². The number of amides is 1. The molecule has 1 atom stereocenters. The summed E-state index contributed by atoms with van der Waals surface area (Å²) in [7, 11) is 0. The van der Waals surface area contributed by atoms with Crippen LogP contribution in [0.5, 0.6) is 0 Å². The van der Waals surface area contributed by atoms with Gasteiger partial charge in [-0.1, -0.05) is 18.2 Å². The van der Waals surface area contributed by atoms with Crippen LogP contribution in [0, 0.1) is 0 Å². The largest absolute Gasteiger partial charge is 0.292 e. The summed E-state index contributed by atoms with van der Waals surface area (Å²) in [6.07, 6.45) is 0. The van der Waals surface area contributed by atoms with Gasteiger partial charge >= 0.3 is 0 Å². The summed E-state index contributed by atoms with van der Waals surface area (Å²) in [6, 6.07) is 7.19. The Kier molecular flexibility index (Phi) is 2.51. The number of nitrogens with two attached hydrogens (primary N) is 1. The van der Waals surface area contributed by atoms with Gasteiger partial charge in [0.1, 0.15) is 0 Å². The Morgan fingerprint density at radius 1 is 1.50 bits per heavy atom. The van der Waals surface area contributed by atoms with E-state index in [2.05, 4.69) is 33.0 Å². The van der Waals surface area contributed by atoms with Gasteiger partial charge < -0.3 is 0 Å². The molecule has 14 heavy (non-hydrogen) atoms. The van der Waals surface area contributed by atoms with Crippen LogP contribution < -0.4 is 21.8 Å². The van der Waals surface area contributed by atoms with E-state index >= 15 is 0 Å². The number of nitrogens with one attached hydrogen (secondary N) is 1. The van der Waals surface area contributed by atoms with Crippen LogP contribution in [0.25, 0.3) is 3.58 Å². The number of rotatable bonds is 1. The predicted octanol–water partition coefficient (Wildman–Crippen LogP) is -0.778. The Morgan fingerprint density at radius 2 is 2.21 bits per heavy atom. The summed E-state index contributed by atoms with van der Waals surface area (Å²) in [4.78, 5) is 15.6. The van der Waals surface area contributed by atoms with Gasteiger partial charge in [0, 0.05) is 8.80 Å². The molecule has 5 heteroatoms. The van der Waals surface area contributed by atoms with Gasteiger partial charge in [0.15, 0.2) is 6.04 Å². The Balaban J connectivity index is 2.59. The minimum absolute atomic E-state index is 0.273. The van der Waals surface area contributed by atoms with Crippen molar-refractivity contribution < 1.29 is 4.79 Å². The van der Waals surface area contributed by atoms with Crippen LogP contribution in [-0.2, 0) is 4.79 Å². The third-order valence-electron chi connectivity index (χ3n) is 2.06. The first kappa shape index (κ1) is 9.60. The van der Waals surface area contributed by atoms with E-state index in [1.165, 1.54) is 0 Å². The molecule has 0 saturated carbocycles. The highest BCUT2D eigenvalue weighted by molar-refractivity contribution is 14.1. The van der Waals surface area contributed by atoms with E-state index in [1.807, 2.05) is 24.3 Å². The van der Waals surface area contributed by atoms with Crippen molar-refractivity contribution in [1.29, 1.82) is 0 Å². The van der Waals surface area contributed by atoms with E-state index in [4.69, 9.17) is 5.84 Å². The number of carbonyl (C=O) groups excluding carboxylic acids is 1. The molecule has 2 rings (SSSR count). The van der Waals surface area contributed by atoms with Crippen LogP contribution in [-0.4, -0.2) is 11.9 Å². The van der Waals surface area contributed by atoms with E-state index in [1.54, 1.807) is 0 Å². The molecule has 1 aromatic carbocycles. The van der Waals surface area contributed by atoms with Gasteiger partial charge in [-0.2, -0.15) is 0 Å². The molecule has 3 N–H and O–H groups in total. The summed E-state index contributed by atoms with van der Waals surface area (Å²) >= 11 is 2.13. The Morgan fingerprint density at radius 3 is 2.86 bits per heavy atom. The second-order valence-corrected chi connectivity index (χ2v) is 4.07. The van der Waals surface area contributed by atoms with Crippen molar-refractivity contribution in [3.05, 3.63) is 34.8 Å². The quantitative estimate of drug-likeness (QED) is 0.309. The van der Waals surface area contributed by atoms with Crippen molar-refractivity contribution in [3.63, 3.8) is 0 Å². The molecule has 0 aliphatic carbocycles. The van der Waals surface area contributed by atoms with Gasteiger partial charge in [0.25, 0.3) is 5.91 Å². The molecule has 0 spiro atoms. The van der Waals surface area contributed by atoms with Crippen molar-refractivity contribution in [2.24, 2.45) is 10.8 Å². The summed E-state index contributed by atoms with van der Waals surface area (Å²) in [5, 5.41) is 1.87. The van der Waals surface area contributed by atoms with E-state index in [0.717, 1.165) is 14.2 Å². The number of hydrogen-bond acceptors (Lipinski definition) is 3. The molecule has 72 valence electrons. The standard InChI is InChI=1S/C9H8IN3O/c10-7-5-3-1-2-4-6(5)12-8(7)9(14)13-11/h1-4,8H,11H2,(H,13,14)/t8-/m0/s1. The van der Waals surface area contributed by atoms with Gasteiger partial charge in [0.05, 0.1) is 5.36 Å². The minimum atomic E-state index is -0.474. The number of carbonyl (C=O) groups is 1. The van der Waals surface area contributed by atoms with Gasteiger partial charge in [0.2, 0.25) is 0 Å². The maximum Gasteiger partial charge on any atom is 0.263 e. The van der Waals surface area contributed by atoms with Crippen LogP contribution >= 0.6 is 22.6 Å². The van der Waals surface area contributed by atoms with Gasteiger partial charge in [-0.3, -0.25) is 15.2 Å². The van der Waals surface area contributed by atoms with E-state index < -0.39 is 6.04 Å². The monoisotopic (exact) mass is 301 g/mol. The lowest BCUT2D eigenvalue weighted by molar-refractivity contribution is -0.121. The van der Waals surface area contributed by atoms with Crippen molar-refractivity contribution >= 4 is 32.1 Å². The maximum absolute atomic E-state index is 11.3. The lowest BCUT2D eigenvalue weighted by atomic mass is 10.2. The summed E-state index contributed by atoms with van der Waals surface area (Å²) in [5.74, 6) is 4.80. The van der Waals surface area contributed by atoms with Crippen LogP contribution in [0.4, 0.5) is 0 Å². The van der Waals surface area contributed by atoms with E-state index in [-0.39, 0.29) is 5.91 Å². The Bertz CT molecular complexity index is 497. The molecule has 1 aromatic rings. The molecular weight excluding hydrogens is 293 g/mol. The predicted molar refractivity (Wildman–Crippen MR) is 60.8 cm³/mol. The highest BCUT2D eigenvalue weighted by Crippen LogP contribution is 2.16. The molecule has 1 aliphatic rings. The summed E-state index contributed by atoms with van der Waals surface area (Å²) in [5.41, 5.74) is 2.11. The molecule has 0 fully saturated rings. The third kappa shape index (κ3) is 1.42. The number of nitrogens with zero attached hydrogens (tertiary/aromatic N) is 1. The molecular formula is C9H8IN3O. The molecule has 1 amide bonds. The normalized spacial score (nSPS) is 18.7. The zero-order valence-electron chi connectivity index (χ0n) is 7.20. The summed E-state index contributed by atoms with van der Waals surface area (Å²) in [6.45, 7) is 0. The van der Waals surface area contributed by atoms with Crippen molar-refractivity contribution in [1.82, 2.24) is 5.43 Å². The number of halogens is 1. The fourth-order valence-corrected chi connectivity index (χ4v) is 2.26. The fraction of sp³-hybridized carbons (Fsp3) is 0.111. The number of hydrazine groups is 1. The minimum Gasteiger partial charge on any atom is -0.292 e. The van der Waals surface area contributed by atoms with E-state index in [0.29, 0.717) is 0 Å². The zero-order valence-corrected chi connectivity index (χ0v) is 9.36. The molecule has 0 aromatic heterocycles. The molecule has 0 radical (unpaired) electrons. The zero-order chi connectivity index (χ0) is 10.1. The first-order valence-electron chi connectivity index (χ1n) is 4.07. The van der Waals surface area contributed by atoms with Crippen LogP contribution in [0.1, 0.15) is 0 Å². The average Bonchev–Trinajstić information content (AvgIpc) is 2.56.